The van der Waals surface area contributed by atoms with Crippen molar-refractivity contribution in [2.24, 2.45) is 16.5 Å². The first-order valence-corrected chi connectivity index (χ1v) is 5.78. The fraction of sp³-hybridized carbons (Fsp3) is 0.154. The van der Waals surface area contributed by atoms with Gasteiger partial charge in [0.2, 0.25) is 0 Å². The van der Waals surface area contributed by atoms with E-state index in [1.54, 1.807) is 6.08 Å². The maximum atomic E-state index is 5.95. The molecule has 1 unspecified atom stereocenters. The Morgan fingerprint density at radius 3 is 2.94 bits per heavy atom. The van der Waals surface area contributed by atoms with Gasteiger partial charge in [0.05, 0.1) is 0 Å². The fourth-order valence-electron chi connectivity index (χ4n) is 2.17. The Morgan fingerprint density at radius 2 is 2.17 bits per heavy atom. The van der Waals surface area contributed by atoms with Gasteiger partial charge in [0.25, 0.3) is 0 Å². The van der Waals surface area contributed by atoms with Crippen molar-refractivity contribution in [3.63, 3.8) is 0 Å². The van der Waals surface area contributed by atoms with E-state index >= 15 is 0 Å². The zero-order valence-corrected chi connectivity index (χ0v) is 10.1. The van der Waals surface area contributed by atoms with Crippen LogP contribution in [0, 0.1) is 6.92 Å². The summed E-state index contributed by atoms with van der Waals surface area (Å²) >= 11 is 0. The smallest absolute Gasteiger partial charge is 0.179 e. The number of hydrogen-bond acceptors (Lipinski definition) is 4. The Kier molecular flexibility index (Phi) is 2.34. The number of rotatable bonds is 1. The summed E-state index contributed by atoms with van der Waals surface area (Å²) in [7, 11) is 0. The molecule has 5 N–H and O–H groups in total. The number of amidine groups is 1. The van der Waals surface area contributed by atoms with Gasteiger partial charge < -0.3 is 15.6 Å². The van der Waals surface area contributed by atoms with E-state index in [0.717, 1.165) is 22.3 Å². The molecule has 2 aromatic rings. The quantitative estimate of drug-likeness (QED) is 0.705. The van der Waals surface area contributed by atoms with Crippen LogP contribution in [0.1, 0.15) is 5.69 Å². The van der Waals surface area contributed by atoms with Crippen LogP contribution in [-0.4, -0.2) is 17.1 Å². The molecule has 92 valence electrons. The number of aromatic nitrogens is 1. The van der Waals surface area contributed by atoms with E-state index in [-0.39, 0.29) is 0 Å². The first kappa shape index (κ1) is 10.9. The molecule has 3 rings (SSSR count). The molecule has 1 aromatic heterocycles. The van der Waals surface area contributed by atoms with E-state index in [0.29, 0.717) is 5.84 Å². The van der Waals surface area contributed by atoms with E-state index in [1.807, 2.05) is 30.2 Å². The van der Waals surface area contributed by atoms with Crippen molar-refractivity contribution in [1.82, 2.24) is 4.98 Å². The monoisotopic (exact) mass is 241 g/mol. The summed E-state index contributed by atoms with van der Waals surface area (Å²) < 4.78 is 0. The lowest BCUT2D eigenvalue weighted by Gasteiger charge is -2.27. The third-order valence-corrected chi connectivity index (χ3v) is 3.01. The Hall–Kier alpha value is -2.27. The van der Waals surface area contributed by atoms with E-state index in [4.69, 9.17) is 11.5 Å². The Labute approximate surface area is 105 Å². The molecular formula is C13H15N5. The molecule has 0 fully saturated rings. The van der Waals surface area contributed by atoms with Gasteiger partial charge in [-0.05, 0) is 37.3 Å². The zero-order valence-electron chi connectivity index (χ0n) is 10.1. The number of nitrogens with zero attached hydrogens (tertiary/aromatic N) is 2. The molecule has 0 aliphatic carbocycles. The molecule has 1 aromatic carbocycles. The van der Waals surface area contributed by atoms with Gasteiger partial charge >= 0.3 is 0 Å². The number of nitrogens with one attached hydrogen (secondary N) is 1. The van der Waals surface area contributed by atoms with Crippen molar-refractivity contribution in [3.8, 4) is 0 Å². The molecule has 2 heterocycles. The van der Waals surface area contributed by atoms with Crippen LogP contribution in [0.4, 0.5) is 5.69 Å². The standard InChI is InChI=1S/C13H15N5/c1-8-6-9-7-10(2-3-11(9)16-8)18-5-4-12(14)17-13(18)15/h2-7,13,16H,15H2,1H3,(H2,14,17). The number of aromatic amines is 1. The normalized spacial score (nSPS) is 19.3. The number of fused-ring (bicyclic) bond motifs is 1. The molecular weight excluding hydrogens is 226 g/mol. The maximum absolute atomic E-state index is 5.95. The average Bonchev–Trinajstić information content (AvgIpc) is 2.68. The molecule has 1 aliphatic heterocycles. The van der Waals surface area contributed by atoms with Gasteiger partial charge in [0.1, 0.15) is 5.84 Å². The third-order valence-electron chi connectivity index (χ3n) is 3.01. The first-order chi connectivity index (χ1) is 8.63. The lowest BCUT2D eigenvalue weighted by atomic mass is 10.2. The number of H-pyrrole nitrogens is 1. The highest BCUT2D eigenvalue weighted by Crippen LogP contribution is 2.24. The van der Waals surface area contributed by atoms with Crippen LogP contribution in [0.5, 0.6) is 0 Å². The Morgan fingerprint density at radius 1 is 1.33 bits per heavy atom. The van der Waals surface area contributed by atoms with Crippen LogP contribution in [0.25, 0.3) is 10.9 Å². The van der Waals surface area contributed by atoms with Gasteiger partial charge in [-0.25, -0.2) is 4.99 Å². The van der Waals surface area contributed by atoms with Crippen molar-refractivity contribution < 1.29 is 0 Å². The largest absolute Gasteiger partial charge is 0.384 e. The van der Waals surface area contributed by atoms with E-state index in [9.17, 15) is 0 Å². The Balaban J connectivity index is 2.02. The highest BCUT2D eigenvalue weighted by atomic mass is 15.3. The van der Waals surface area contributed by atoms with Gasteiger partial charge in [0.15, 0.2) is 6.29 Å². The summed E-state index contributed by atoms with van der Waals surface area (Å²) in [6.45, 7) is 2.04. The van der Waals surface area contributed by atoms with E-state index < -0.39 is 6.29 Å². The van der Waals surface area contributed by atoms with Gasteiger partial charge in [-0.3, -0.25) is 5.73 Å². The summed E-state index contributed by atoms with van der Waals surface area (Å²) in [4.78, 5) is 9.31. The molecule has 1 aliphatic rings. The molecule has 18 heavy (non-hydrogen) atoms. The molecule has 0 bridgehead atoms. The summed E-state index contributed by atoms with van der Waals surface area (Å²) in [5.41, 5.74) is 14.8. The molecule has 0 amide bonds. The van der Waals surface area contributed by atoms with Crippen molar-refractivity contribution in [2.75, 3.05) is 4.90 Å². The van der Waals surface area contributed by atoms with Crippen molar-refractivity contribution in [1.29, 1.82) is 0 Å². The predicted octanol–water partition coefficient (Wildman–Crippen LogP) is 1.41. The Bertz CT molecular complexity index is 652. The summed E-state index contributed by atoms with van der Waals surface area (Å²) in [6, 6.07) is 8.25. The van der Waals surface area contributed by atoms with Crippen molar-refractivity contribution in [2.45, 2.75) is 13.2 Å². The fourth-order valence-corrected chi connectivity index (χ4v) is 2.17. The summed E-state index contributed by atoms with van der Waals surface area (Å²) in [6.07, 6.45) is 3.14. The summed E-state index contributed by atoms with van der Waals surface area (Å²) in [5, 5.41) is 1.16. The topological polar surface area (TPSA) is 83.4 Å². The molecule has 5 nitrogen and oxygen atoms in total. The minimum Gasteiger partial charge on any atom is -0.384 e. The van der Waals surface area contributed by atoms with Crippen LogP contribution in [-0.2, 0) is 0 Å². The van der Waals surface area contributed by atoms with Crippen LogP contribution in [0.15, 0.2) is 41.5 Å². The second-order valence-electron chi connectivity index (χ2n) is 4.41. The SMILES string of the molecule is Cc1cc2cc(N3C=CC(N)=NC3N)ccc2[nH]1. The molecule has 5 heteroatoms. The zero-order chi connectivity index (χ0) is 12.7. The van der Waals surface area contributed by atoms with Crippen molar-refractivity contribution >= 4 is 22.4 Å². The minimum atomic E-state index is -0.465. The van der Waals surface area contributed by atoms with E-state index in [2.05, 4.69) is 22.1 Å². The molecule has 0 saturated carbocycles. The van der Waals surface area contributed by atoms with Gasteiger partial charge in [-0.2, -0.15) is 0 Å². The van der Waals surface area contributed by atoms with Crippen LogP contribution < -0.4 is 16.4 Å². The van der Waals surface area contributed by atoms with Gasteiger partial charge in [-0.1, -0.05) is 0 Å². The predicted molar refractivity (Wildman–Crippen MR) is 74.3 cm³/mol. The number of benzene rings is 1. The molecule has 0 radical (unpaired) electrons. The number of anilines is 1. The van der Waals surface area contributed by atoms with E-state index in [1.165, 1.54) is 0 Å². The molecule has 0 saturated heterocycles. The second-order valence-corrected chi connectivity index (χ2v) is 4.41. The average molecular weight is 241 g/mol. The maximum Gasteiger partial charge on any atom is 0.179 e. The summed E-state index contributed by atoms with van der Waals surface area (Å²) in [5.74, 6) is 0.456. The lowest BCUT2D eigenvalue weighted by molar-refractivity contribution is 0.706. The number of nitrogens with two attached hydrogens (primary N) is 2. The third kappa shape index (κ3) is 1.74. The van der Waals surface area contributed by atoms with Crippen LogP contribution >= 0.6 is 0 Å². The van der Waals surface area contributed by atoms with Gasteiger partial charge in [0, 0.05) is 28.5 Å². The highest BCUT2D eigenvalue weighted by Gasteiger charge is 2.15. The first-order valence-electron chi connectivity index (χ1n) is 5.78. The van der Waals surface area contributed by atoms with Crippen molar-refractivity contribution in [3.05, 3.63) is 42.2 Å². The highest BCUT2D eigenvalue weighted by molar-refractivity contribution is 5.93. The number of aliphatic imine (C=N–C) groups is 1. The minimum absolute atomic E-state index is 0.456. The van der Waals surface area contributed by atoms with Crippen LogP contribution in [0.2, 0.25) is 0 Å². The molecule has 1 atom stereocenters. The second kappa shape index (κ2) is 3.89. The number of aryl methyl sites for hydroxylation is 1. The lowest BCUT2D eigenvalue weighted by Crippen LogP contribution is -2.41. The molecule has 0 spiro atoms. The van der Waals surface area contributed by atoms with Crippen LogP contribution in [0.3, 0.4) is 0 Å². The van der Waals surface area contributed by atoms with Gasteiger partial charge in [-0.15, -0.1) is 0 Å². The number of hydrogen-bond donors (Lipinski definition) is 3.